The van der Waals surface area contributed by atoms with E-state index in [9.17, 15) is 0 Å². The first kappa shape index (κ1) is 18.5. The number of nitrogens with one attached hydrogen (secondary N) is 2. The molecule has 3 aliphatic rings. The molecule has 24 heavy (non-hydrogen) atoms. The number of ether oxygens (including phenoxy) is 1. The molecule has 4 rings (SSSR count). The molecule has 4 nitrogen and oxygen atoms in total. The molecule has 3 atom stereocenters. The van der Waals surface area contributed by atoms with Crippen LogP contribution in [0.2, 0.25) is 0 Å². The van der Waals surface area contributed by atoms with Crippen LogP contribution in [0, 0.1) is 11.3 Å². The van der Waals surface area contributed by atoms with Crippen molar-refractivity contribution in [1.82, 2.24) is 10.6 Å². The van der Waals surface area contributed by atoms with Crippen LogP contribution in [0.25, 0.3) is 0 Å². The second-order valence-corrected chi connectivity index (χ2v) is 8.17. The van der Waals surface area contributed by atoms with E-state index in [2.05, 4.69) is 33.1 Å². The molecule has 3 fully saturated rings. The van der Waals surface area contributed by atoms with Crippen molar-refractivity contribution in [2.24, 2.45) is 16.3 Å². The Hall–Kier alpha value is -0.340. The summed E-state index contributed by atoms with van der Waals surface area (Å²) in [5.41, 5.74) is 0.381. The maximum atomic E-state index is 6.07. The minimum absolute atomic E-state index is 0. The largest absolute Gasteiger partial charge is 0.377 e. The minimum atomic E-state index is 0. The fraction of sp³-hybridized carbons (Fsp3) is 0.722. The van der Waals surface area contributed by atoms with Crippen molar-refractivity contribution in [3.8, 4) is 0 Å². The summed E-state index contributed by atoms with van der Waals surface area (Å²) < 4.78 is 6.07. The zero-order valence-corrected chi connectivity index (χ0v) is 17.4. The molecule has 2 aliphatic carbocycles. The summed E-state index contributed by atoms with van der Waals surface area (Å²) in [7, 11) is 1.88. The van der Waals surface area contributed by atoms with Crippen molar-refractivity contribution in [3.63, 3.8) is 0 Å². The van der Waals surface area contributed by atoms with Gasteiger partial charge < -0.3 is 15.4 Å². The normalized spacial score (nSPS) is 30.5. The van der Waals surface area contributed by atoms with Crippen LogP contribution in [0.15, 0.2) is 22.5 Å². The summed E-state index contributed by atoms with van der Waals surface area (Å²) in [5.74, 6) is 1.65. The van der Waals surface area contributed by atoms with E-state index in [0.29, 0.717) is 23.5 Å². The van der Waals surface area contributed by atoms with E-state index in [1.54, 1.807) is 0 Å². The fourth-order valence-corrected chi connectivity index (χ4v) is 5.71. The molecule has 1 saturated heterocycles. The molecule has 3 unspecified atom stereocenters. The predicted molar refractivity (Wildman–Crippen MR) is 110 cm³/mol. The minimum Gasteiger partial charge on any atom is -0.377 e. The van der Waals surface area contributed by atoms with Gasteiger partial charge in [0, 0.05) is 42.5 Å². The van der Waals surface area contributed by atoms with E-state index in [4.69, 9.17) is 4.74 Å². The monoisotopic (exact) mass is 461 g/mol. The third kappa shape index (κ3) is 3.21. The number of guanidine groups is 1. The summed E-state index contributed by atoms with van der Waals surface area (Å²) in [6.45, 7) is 1.88. The van der Waals surface area contributed by atoms with E-state index in [0.717, 1.165) is 25.5 Å². The van der Waals surface area contributed by atoms with Gasteiger partial charge in [0.1, 0.15) is 0 Å². The number of hydrogen-bond donors (Lipinski definition) is 2. The van der Waals surface area contributed by atoms with Gasteiger partial charge in [-0.15, -0.1) is 35.3 Å². The molecule has 6 heteroatoms. The van der Waals surface area contributed by atoms with Crippen LogP contribution in [0.3, 0.4) is 0 Å². The highest BCUT2D eigenvalue weighted by Crippen LogP contribution is 2.60. The Balaban J connectivity index is 0.00000169. The first-order chi connectivity index (χ1) is 11.3. The smallest absolute Gasteiger partial charge is 0.191 e. The second kappa shape index (κ2) is 7.91. The van der Waals surface area contributed by atoms with Gasteiger partial charge in [-0.25, -0.2) is 0 Å². The van der Waals surface area contributed by atoms with Crippen LogP contribution >= 0.6 is 35.3 Å². The van der Waals surface area contributed by atoms with Crippen molar-refractivity contribution < 1.29 is 4.74 Å². The zero-order valence-electron chi connectivity index (χ0n) is 14.3. The quantitative estimate of drug-likeness (QED) is 0.411. The van der Waals surface area contributed by atoms with Crippen molar-refractivity contribution in [3.05, 3.63) is 22.4 Å². The van der Waals surface area contributed by atoms with Gasteiger partial charge in [-0.05, 0) is 37.1 Å². The maximum absolute atomic E-state index is 6.07. The van der Waals surface area contributed by atoms with Crippen LogP contribution in [0.5, 0.6) is 0 Å². The Morgan fingerprint density at radius 3 is 2.96 bits per heavy atom. The number of nitrogens with zero attached hydrogens (tertiary/aromatic N) is 1. The van der Waals surface area contributed by atoms with Crippen LogP contribution < -0.4 is 10.6 Å². The van der Waals surface area contributed by atoms with Gasteiger partial charge in [0.2, 0.25) is 0 Å². The van der Waals surface area contributed by atoms with E-state index in [1.807, 2.05) is 18.4 Å². The molecule has 0 aromatic carbocycles. The van der Waals surface area contributed by atoms with Gasteiger partial charge in [0.15, 0.2) is 5.96 Å². The zero-order chi connectivity index (χ0) is 15.7. The Bertz CT molecular complexity index is 557. The number of thiophene rings is 1. The average Bonchev–Trinajstić information content (AvgIpc) is 3.31. The molecule has 2 heterocycles. The highest BCUT2D eigenvalue weighted by molar-refractivity contribution is 14.0. The first-order valence-corrected chi connectivity index (χ1v) is 9.83. The number of fused-ring (bicyclic) bond motifs is 2. The van der Waals surface area contributed by atoms with Gasteiger partial charge in [-0.2, -0.15) is 0 Å². The number of rotatable bonds is 4. The molecule has 0 amide bonds. The Morgan fingerprint density at radius 2 is 2.25 bits per heavy atom. The lowest BCUT2D eigenvalue weighted by atomic mass is 9.54. The standard InChI is InChI=1S/C18H27N3OS.HI/c1-19-17(20-10-6-13-5-4-12-23-13)21-15-14-7-11-22-16(14)18(15)8-2-3-9-18;/h4-5,12,14-16H,2-3,6-11H2,1H3,(H2,19,20,21);1H. The van der Waals surface area contributed by atoms with Gasteiger partial charge in [-0.3, -0.25) is 4.99 Å². The summed E-state index contributed by atoms with van der Waals surface area (Å²) in [4.78, 5) is 5.88. The van der Waals surface area contributed by atoms with Crippen LogP contribution in [0.1, 0.15) is 37.0 Å². The Labute approximate surface area is 165 Å². The van der Waals surface area contributed by atoms with Gasteiger partial charge in [-0.1, -0.05) is 18.9 Å². The van der Waals surface area contributed by atoms with Crippen molar-refractivity contribution >= 4 is 41.3 Å². The van der Waals surface area contributed by atoms with Crippen LogP contribution in [0.4, 0.5) is 0 Å². The lowest BCUT2D eigenvalue weighted by Crippen LogP contribution is -2.69. The van der Waals surface area contributed by atoms with Crippen LogP contribution in [-0.4, -0.2) is 38.3 Å². The average molecular weight is 461 g/mol. The number of hydrogen-bond acceptors (Lipinski definition) is 3. The lowest BCUT2D eigenvalue weighted by Gasteiger charge is -2.57. The summed E-state index contributed by atoms with van der Waals surface area (Å²) in [5, 5.41) is 9.39. The second-order valence-electron chi connectivity index (χ2n) is 7.13. The van der Waals surface area contributed by atoms with Crippen LogP contribution in [-0.2, 0) is 11.2 Å². The lowest BCUT2D eigenvalue weighted by molar-refractivity contribution is -0.125. The van der Waals surface area contributed by atoms with E-state index < -0.39 is 0 Å². The van der Waals surface area contributed by atoms with Crippen molar-refractivity contribution in [2.45, 2.75) is 50.7 Å². The van der Waals surface area contributed by atoms with Crippen molar-refractivity contribution in [2.75, 3.05) is 20.2 Å². The topological polar surface area (TPSA) is 45.7 Å². The molecule has 1 aromatic heterocycles. The molecule has 1 spiro atoms. The third-order valence-electron chi connectivity index (χ3n) is 6.05. The molecule has 2 N–H and O–H groups in total. The molecular weight excluding hydrogens is 433 g/mol. The molecule has 1 aliphatic heterocycles. The summed E-state index contributed by atoms with van der Waals surface area (Å²) in [6.07, 6.45) is 8.12. The highest BCUT2D eigenvalue weighted by Gasteiger charge is 2.65. The van der Waals surface area contributed by atoms with E-state index in [1.165, 1.54) is 37.0 Å². The van der Waals surface area contributed by atoms with Gasteiger partial charge >= 0.3 is 0 Å². The van der Waals surface area contributed by atoms with Gasteiger partial charge in [0.25, 0.3) is 0 Å². The predicted octanol–water partition coefficient (Wildman–Crippen LogP) is 3.42. The maximum Gasteiger partial charge on any atom is 0.191 e. The molecule has 0 radical (unpaired) electrons. The number of aliphatic imine (C=N–C) groups is 1. The van der Waals surface area contributed by atoms with E-state index in [-0.39, 0.29) is 24.0 Å². The van der Waals surface area contributed by atoms with Crippen molar-refractivity contribution in [1.29, 1.82) is 0 Å². The first-order valence-electron chi connectivity index (χ1n) is 8.95. The molecule has 134 valence electrons. The molecule has 1 aromatic rings. The number of halogens is 1. The third-order valence-corrected chi connectivity index (χ3v) is 6.98. The molecular formula is C18H28IN3OS. The fourth-order valence-electron chi connectivity index (χ4n) is 5.00. The van der Waals surface area contributed by atoms with E-state index >= 15 is 0 Å². The molecule has 0 bridgehead atoms. The summed E-state index contributed by atoms with van der Waals surface area (Å²) in [6, 6.07) is 4.86. The summed E-state index contributed by atoms with van der Waals surface area (Å²) >= 11 is 1.82. The Morgan fingerprint density at radius 1 is 1.42 bits per heavy atom. The Kier molecular flexibility index (Phi) is 6.08. The molecule has 2 saturated carbocycles. The SMILES string of the molecule is CN=C(NCCc1cccs1)NC1C2CCOC2C12CCCC2.I. The highest BCUT2D eigenvalue weighted by atomic mass is 127. The van der Waals surface area contributed by atoms with Gasteiger partial charge in [0.05, 0.1) is 6.10 Å².